The van der Waals surface area contributed by atoms with Gasteiger partial charge < -0.3 is 14.4 Å². The molecule has 6 rings (SSSR count). The first-order chi connectivity index (χ1) is 17.2. The van der Waals surface area contributed by atoms with E-state index in [2.05, 4.69) is 4.72 Å². The topological polar surface area (TPSA) is 99.9 Å². The fourth-order valence-electron chi connectivity index (χ4n) is 6.79. The number of furan rings is 1. The molecule has 0 bridgehead atoms. The van der Waals surface area contributed by atoms with E-state index in [-0.39, 0.29) is 28.8 Å². The van der Waals surface area contributed by atoms with E-state index in [1.165, 1.54) is 12.8 Å². The number of sulfonamides is 1. The van der Waals surface area contributed by atoms with Gasteiger partial charge in [0, 0.05) is 23.3 Å². The molecule has 3 aliphatic carbocycles. The second kappa shape index (κ2) is 8.62. The number of hydrogen-bond acceptors (Lipinski definition) is 5. The van der Waals surface area contributed by atoms with E-state index >= 15 is 0 Å². The molecule has 1 amide bonds. The Bertz CT molecular complexity index is 1260. The van der Waals surface area contributed by atoms with Gasteiger partial charge in [-0.1, -0.05) is 12.8 Å². The lowest BCUT2D eigenvalue weighted by Gasteiger charge is -2.38. The fourth-order valence-corrected chi connectivity index (χ4v) is 7.42. The lowest BCUT2D eigenvalue weighted by atomic mass is 9.66. The van der Waals surface area contributed by atoms with E-state index in [0.717, 1.165) is 62.6 Å². The van der Waals surface area contributed by atoms with E-state index in [0.29, 0.717) is 23.4 Å². The van der Waals surface area contributed by atoms with E-state index in [4.69, 9.17) is 4.42 Å². The van der Waals surface area contributed by atoms with Gasteiger partial charge in [-0.25, -0.2) is 8.42 Å². The number of carbonyl (C=O) groups is 1. The molecule has 1 aromatic heterocycles. The van der Waals surface area contributed by atoms with Crippen LogP contribution in [0.25, 0.3) is 0 Å². The lowest BCUT2D eigenvalue weighted by Crippen LogP contribution is -2.39. The van der Waals surface area contributed by atoms with E-state index in [9.17, 15) is 18.3 Å². The molecule has 194 valence electrons. The summed E-state index contributed by atoms with van der Waals surface area (Å²) >= 11 is 0. The molecule has 36 heavy (non-hydrogen) atoms. The van der Waals surface area contributed by atoms with Gasteiger partial charge in [0.05, 0.1) is 5.75 Å². The molecule has 2 N–H and O–H groups in total. The summed E-state index contributed by atoms with van der Waals surface area (Å²) in [6, 6.07) is 8.98. The summed E-state index contributed by atoms with van der Waals surface area (Å²) in [6.45, 7) is 2.19. The van der Waals surface area contributed by atoms with Gasteiger partial charge in [0.15, 0.2) is 5.76 Å². The van der Waals surface area contributed by atoms with Crippen LogP contribution in [0.15, 0.2) is 34.7 Å². The second-order valence-electron chi connectivity index (χ2n) is 11.6. The maximum atomic E-state index is 13.7. The van der Waals surface area contributed by atoms with Crippen LogP contribution in [0.2, 0.25) is 0 Å². The van der Waals surface area contributed by atoms with Crippen molar-refractivity contribution >= 4 is 27.3 Å². The minimum Gasteiger partial charge on any atom is -0.453 e. The summed E-state index contributed by atoms with van der Waals surface area (Å²) in [6.07, 6.45) is 10.4. The predicted molar refractivity (Wildman–Crippen MR) is 139 cm³/mol. The Kier molecular flexibility index (Phi) is 5.76. The molecule has 3 fully saturated rings. The van der Waals surface area contributed by atoms with Crippen molar-refractivity contribution in [1.82, 2.24) is 0 Å². The molecular weight excluding hydrogens is 476 g/mol. The fraction of sp³-hybridized carbons (Fsp3) is 0.607. The summed E-state index contributed by atoms with van der Waals surface area (Å²) in [5.74, 6) is 0.715. The molecule has 1 unspecified atom stereocenters. The first-order valence-electron chi connectivity index (χ1n) is 13.5. The van der Waals surface area contributed by atoms with Crippen molar-refractivity contribution in [2.45, 2.75) is 82.7 Å². The summed E-state index contributed by atoms with van der Waals surface area (Å²) in [4.78, 5) is 15.5. The number of hydrogen-bond donors (Lipinski definition) is 2. The van der Waals surface area contributed by atoms with Crippen LogP contribution >= 0.6 is 0 Å². The van der Waals surface area contributed by atoms with Crippen molar-refractivity contribution in [1.29, 1.82) is 0 Å². The van der Waals surface area contributed by atoms with Crippen molar-refractivity contribution in [3.8, 4) is 0 Å². The highest BCUT2D eigenvalue weighted by atomic mass is 32.2. The maximum absolute atomic E-state index is 13.7. The lowest BCUT2D eigenvalue weighted by molar-refractivity contribution is 0.0828. The monoisotopic (exact) mass is 512 g/mol. The van der Waals surface area contributed by atoms with E-state index in [1.54, 1.807) is 25.1 Å². The Labute approximate surface area is 213 Å². The Hall–Kier alpha value is -2.32. The van der Waals surface area contributed by atoms with Crippen LogP contribution in [0.4, 0.5) is 11.4 Å². The van der Waals surface area contributed by atoms with Gasteiger partial charge in [-0.3, -0.25) is 9.52 Å². The summed E-state index contributed by atoms with van der Waals surface area (Å²) in [5, 5.41) is 10.8. The zero-order chi connectivity index (χ0) is 25.1. The van der Waals surface area contributed by atoms with Gasteiger partial charge in [-0.2, -0.15) is 0 Å². The van der Waals surface area contributed by atoms with Crippen molar-refractivity contribution < 1.29 is 22.7 Å². The third kappa shape index (κ3) is 4.16. The molecule has 4 aliphatic rings. The molecule has 8 heteroatoms. The van der Waals surface area contributed by atoms with Crippen molar-refractivity contribution in [2.24, 2.45) is 11.3 Å². The third-order valence-corrected chi connectivity index (χ3v) is 10.7. The Morgan fingerprint density at radius 2 is 1.81 bits per heavy atom. The first-order valence-corrected chi connectivity index (χ1v) is 15.1. The quantitative estimate of drug-likeness (QED) is 0.531. The normalized spacial score (nSPS) is 23.2. The smallest absolute Gasteiger partial charge is 0.294 e. The van der Waals surface area contributed by atoms with Gasteiger partial charge in [0.25, 0.3) is 5.91 Å². The van der Waals surface area contributed by atoms with Crippen LogP contribution in [-0.4, -0.2) is 31.7 Å². The maximum Gasteiger partial charge on any atom is 0.294 e. The van der Waals surface area contributed by atoms with Gasteiger partial charge >= 0.3 is 0 Å². The van der Waals surface area contributed by atoms with Crippen LogP contribution in [0, 0.1) is 11.3 Å². The third-order valence-electron chi connectivity index (χ3n) is 9.42. The van der Waals surface area contributed by atoms with Crippen LogP contribution in [-0.2, 0) is 15.4 Å². The first kappa shape index (κ1) is 24.0. The molecular formula is C28H36N2O5S. The van der Waals surface area contributed by atoms with E-state index in [1.807, 2.05) is 17.0 Å². The second-order valence-corrected chi connectivity index (χ2v) is 13.6. The van der Waals surface area contributed by atoms with Crippen molar-refractivity contribution in [2.75, 3.05) is 21.9 Å². The number of aliphatic hydroxyl groups excluding tert-OH is 1. The van der Waals surface area contributed by atoms with Gasteiger partial charge in [-0.05, 0) is 106 Å². The molecule has 1 aromatic carbocycles. The number of fused-ring (bicyclic) bond motifs is 2. The van der Waals surface area contributed by atoms with Crippen LogP contribution < -0.4 is 9.62 Å². The average molecular weight is 513 g/mol. The number of aliphatic hydroxyl groups is 1. The molecule has 2 heterocycles. The molecule has 1 atom stereocenters. The van der Waals surface area contributed by atoms with Crippen LogP contribution in [0.5, 0.6) is 0 Å². The Balaban J connectivity index is 1.30. The summed E-state index contributed by atoms with van der Waals surface area (Å²) < 4.78 is 33.1. The Morgan fingerprint density at radius 3 is 2.47 bits per heavy atom. The molecule has 2 aromatic rings. The SMILES string of the molecule is CCS(=O)(=O)Nc1ccc2c(c1)C1(CCC3(CC3)CC1)CN2C(=O)c1ccc(C(O)C2CCCC2)o1. The number of amides is 1. The number of nitrogens with one attached hydrogen (secondary N) is 1. The molecule has 0 radical (unpaired) electrons. The number of carbonyl (C=O) groups excluding carboxylic acids is 1. The summed E-state index contributed by atoms with van der Waals surface area (Å²) in [5.41, 5.74) is 2.76. The molecule has 2 spiro atoms. The standard InChI is InChI=1S/C28H36N2O5S/c1-2-36(33,34)29-20-7-8-22-21(17-20)28(15-13-27(11-12-27)14-16-28)18-30(22)26(32)24-10-9-23(35-24)25(31)19-5-3-4-6-19/h7-10,17,19,25,29,31H,2-6,11-16,18H2,1H3. The zero-order valence-corrected chi connectivity index (χ0v) is 21.8. The zero-order valence-electron chi connectivity index (χ0n) is 21.0. The Morgan fingerprint density at radius 1 is 1.11 bits per heavy atom. The van der Waals surface area contributed by atoms with Gasteiger partial charge in [-0.15, -0.1) is 0 Å². The van der Waals surface area contributed by atoms with Crippen molar-refractivity contribution in [3.05, 3.63) is 47.4 Å². The van der Waals surface area contributed by atoms with Crippen LogP contribution in [0.1, 0.15) is 99.1 Å². The number of benzene rings is 1. The minimum atomic E-state index is -3.40. The highest BCUT2D eigenvalue weighted by molar-refractivity contribution is 7.92. The van der Waals surface area contributed by atoms with Crippen molar-refractivity contribution in [3.63, 3.8) is 0 Å². The molecule has 3 saturated carbocycles. The van der Waals surface area contributed by atoms with E-state index < -0.39 is 16.1 Å². The molecule has 1 aliphatic heterocycles. The van der Waals surface area contributed by atoms with Crippen LogP contribution in [0.3, 0.4) is 0 Å². The highest BCUT2D eigenvalue weighted by Crippen LogP contribution is 2.62. The number of nitrogens with zero attached hydrogens (tertiary/aromatic N) is 1. The average Bonchev–Trinajstić information content (AvgIpc) is 3.29. The number of rotatable bonds is 6. The molecule has 0 saturated heterocycles. The minimum absolute atomic E-state index is 0.00982. The predicted octanol–water partition coefficient (Wildman–Crippen LogP) is 5.52. The van der Waals surface area contributed by atoms with Gasteiger partial charge in [0.1, 0.15) is 11.9 Å². The summed E-state index contributed by atoms with van der Waals surface area (Å²) in [7, 11) is -3.40. The number of anilines is 2. The largest absolute Gasteiger partial charge is 0.453 e. The highest BCUT2D eigenvalue weighted by Gasteiger charge is 2.54. The van der Waals surface area contributed by atoms with Gasteiger partial charge in [0.2, 0.25) is 10.0 Å². The molecule has 7 nitrogen and oxygen atoms in total.